The lowest BCUT2D eigenvalue weighted by atomic mass is 10.1. The van der Waals surface area contributed by atoms with E-state index in [2.05, 4.69) is 42.2 Å². The molecular formula is C19H28N4O2. The van der Waals surface area contributed by atoms with Crippen molar-refractivity contribution in [3.05, 3.63) is 47.3 Å². The maximum Gasteiger partial charge on any atom is 0.271 e. The molecule has 0 atom stereocenters. The zero-order chi connectivity index (χ0) is 18.2. The molecule has 1 heterocycles. The predicted octanol–water partition coefficient (Wildman–Crippen LogP) is 2.61. The van der Waals surface area contributed by atoms with Crippen molar-refractivity contribution in [1.82, 2.24) is 20.0 Å². The zero-order valence-corrected chi connectivity index (χ0v) is 15.6. The molecule has 0 unspecified atom stereocenters. The number of carbonyl (C=O) groups is 1. The molecule has 0 fully saturated rings. The van der Waals surface area contributed by atoms with Gasteiger partial charge in [0.05, 0.1) is 0 Å². The Hall–Kier alpha value is -2.34. The fraction of sp³-hybridized carbons (Fsp3) is 0.474. The number of aromatic nitrogens is 2. The number of amides is 1. The lowest BCUT2D eigenvalue weighted by Crippen LogP contribution is -2.35. The second kappa shape index (κ2) is 9.22. The number of nitrogens with one attached hydrogen (secondary N) is 1. The lowest BCUT2D eigenvalue weighted by Gasteiger charge is -2.17. The molecule has 0 saturated carbocycles. The highest BCUT2D eigenvalue weighted by atomic mass is 16.5. The Morgan fingerprint density at radius 1 is 1.24 bits per heavy atom. The minimum atomic E-state index is -0.155. The van der Waals surface area contributed by atoms with Gasteiger partial charge in [-0.05, 0) is 44.6 Å². The summed E-state index contributed by atoms with van der Waals surface area (Å²) >= 11 is 0. The summed E-state index contributed by atoms with van der Waals surface area (Å²) in [7, 11) is 0. The molecule has 1 aromatic heterocycles. The van der Waals surface area contributed by atoms with Crippen molar-refractivity contribution in [3.8, 4) is 5.75 Å². The van der Waals surface area contributed by atoms with Crippen molar-refractivity contribution in [2.75, 3.05) is 26.2 Å². The monoisotopic (exact) mass is 344 g/mol. The van der Waals surface area contributed by atoms with Crippen molar-refractivity contribution < 1.29 is 9.53 Å². The first-order valence-corrected chi connectivity index (χ1v) is 8.77. The summed E-state index contributed by atoms with van der Waals surface area (Å²) in [5.41, 5.74) is 2.69. The van der Waals surface area contributed by atoms with E-state index in [0.717, 1.165) is 30.9 Å². The molecule has 0 radical (unpaired) electrons. The van der Waals surface area contributed by atoms with Gasteiger partial charge < -0.3 is 15.0 Å². The largest absolute Gasteiger partial charge is 0.471 e. The summed E-state index contributed by atoms with van der Waals surface area (Å²) in [4.78, 5) is 14.4. The second-order valence-corrected chi connectivity index (χ2v) is 6.07. The number of nitrogens with zero attached hydrogens (tertiary/aromatic N) is 3. The Balaban J connectivity index is 1.83. The van der Waals surface area contributed by atoms with Gasteiger partial charge in [-0.25, -0.2) is 4.68 Å². The Kier molecular flexibility index (Phi) is 7.01. The van der Waals surface area contributed by atoms with Crippen LogP contribution in [0.15, 0.2) is 30.5 Å². The molecule has 25 heavy (non-hydrogen) atoms. The van der Waals surface area contributed by atoms with Gasteiger partial charge in [-0.15, -0.1) is 0 Å². The molecule has 1 aromatic carbocycles. The number of rotatable bonds is 9. The van der Waals surface area contributed by atoms with Crippen LogP contribution in [0.4, 0.5) is 0 Å². The third-order valence-electron chi connectivity index (χ3n) is 4.16. The SMILES string of the molecule is CCN(CC)CCNC(=O)c1ccn(COc2ccc(C)cc2C)n1. The molecule has 6 heteroatoms. The molecule has 0 bridgehead atoms. The van der Waals surface area contributed by atoms with Gasteiger partial charge in [0.1, 0.15) is 11.4 Å². The van der Waals surface area contributed by atoms with Crippen LogP contribution in [0.25, 0.3) is 0 Å². The third-order valence-corrected chi connectivity index (χ3v) is 4.16. The fourth-order valence-electron chi connectivity index (χ4n) is 2.61. The highest BCUT2D eigenvalue weighted by Crippen LogP contribution is 2.18. The number of carbonyl (C=O) groups excluding carboxylic acids is 1. The number of ether oxygens (including phenoxy) is 1. The van der Waals surface area contributed by atoms with Gasteiger partial charge in [0.25, 0.3) is 5.91 Å². The number of aryl methyl sites for hydroxylation is 2. The summed E-state index contributed by atoms with van der Waals surface area (Å²) in [5.74, 6) is 0.670. The van der Waals surface area contributed by atoms with E-state index < -0.39 is 0 Å². The first-order valence-electron chi connectivity index (χ1n) is 8.77. The molecule has 6 nitrogen and oxygen atoms in total. The highest BCUT2D eigenvalue weighted by Gasteiger charge is 2.10. The Bertz CT molecular complexity index is 692. The lowest BCUT2D eigenvalue weighted by molar-refractivity contribution is 0.0942. The van der Waals surface area contributed by atoms with E-state index in [9.17, 15) is 4.79 Å². The van der Waals surface area contributed by atoms with Crippen molar-refractivity contribution in [2.24, 2.45) is 0 Å². The maximum absolute atomic E-state index is 12.1. The summed E-state index contributed by atoms with van der Waals surface area (Å²) in [6.45, 7) is 12.0. The second-order valence-electron chi connectivity index (χ2n) is 6.07. The first kappa shape index (κ1) is 19.0. The van der Waals surface area contributed by atoms with Gasteiger partial charge in [-0.2, -0.15) is 5.10 Å². The average Bonchev–Trinajstić information content (AvgIpc) is 3.07. The van der Waals surface area contributed by atoms with E-state index in [-0.39, 0.29) is 12.6 Å². The molecule has 0 spiro atoms. The molecule has 1 N–H and O–H groups in total. The van der Waals surface area contributed by atoms with Gasteiger partial charge >= 0.3 is 0 Å². The molecule has 0 saturated heterocycles. The van der Waals surface area contributed by atoms with Crippen molar-refractivity contribution in [2.45, 2.75) is 34.4 Å². The predicted molar refractivity (Wildman–Crippen MR) is 98.9 cm³/mol. The molecule has 2 aromatic rings. The van der Waals surface area contributed by atoms with E-state index >= 15 is 0 Å². The molecule has 2 rings (SSSR count). The third kappa shape index (κ3) is 5.60. The summed E-state index contributed by atoms with van der Waals surface area (Å²) in [5, 5.41) is 7.18. The van der Waals surface area contributed by atoms with Crippen LogP contribution in [0, 0.1) is 13.8 Å². The summed E-state index contributed by atoms with van der Waals surface area (Å²) < 4.78 is 7.40. The van der Waals surface area contributed by atoms with Crippen LogP contribution < -0.4 is 10.1 Å². The van der Waals surface area contributed by atoms with E-state index in [4.69, 9.17) is 4.74 Å². The van der Waals surface area contributed by atoms with Crippen LogP contribution >= 0.6 is 0 Å². The van der Waals surface area contributed by atoms with Crippen molar-refractivity contribution in [3.63, 3.8) is 0 Å². The van der Waals surface area contributed by atoms with Crippen LogP contribution in [0.2, 0.25) is 0 Å². The van der Waals surface area contributed by atoms with Crippen molar-refractivity contribution >= 4 is 5.91 Å². The van der Waals surface area contributed by atoms with Gasteiger partial charge in [0, 0.05) is 19.3 Å². The number of likely N-dealkylation sites (N-methyl/N-ethyl adjacent to an activating group) is 1. The van der Waals surface area contributed by atoms with Gasteiger partial charge in [-0.1, -0.05) is 31.5 Å². The molecule has 1 amide bonds. The van der Waals surface area contributed by atoms with Crippen LogP contribution in [-0.4, -0.2) is 46.8 Å². The van der Waals surface area contributed by atoms with E-state index in [1.165, 1.54) is 5.56 Å². The van der Waals surface area contributed by atoms with Gasteiger partial charge in [0.15, 0.2) is 6.73 Å². The smallest absolute Gasteiger partial charge is 0.271 e. The topological polar surface area (TPSA) is 59.4 Å². The van der Waals surface area contributed by atoms with E-state index in [1.54, 1.807) is 16.9 Å². The Morgan fingerprint density at radius 3 is 2.68 bits per heavy atom. The average molecular weight is 344 g/mol. The summed E-state index contributed by atoms with van der Waals surface area (Å²) in [6, 6.07) is 7.75. The van der Waals surface area contributed by atoms with Gasteiger partial charge in [-0.3, -0.25) is 4.79 Å². The fourth-order valence-corrected chi connectivity index (χ4v) is 2.61. The molecular weight excluding hydrogens is 316 g/mol. The quantitative estimate of drug-likeness (QED) is 0.760. The molecule has 0 aliphatic rings. The Morgan fingerprint density at radius 2 is 2.00 bits per heavy atom. The standard InChI is InChI=1S/C19H28N4O2/c1-5-22(6-2)12-10-20-19(24)17-9-11-23(21-17)14-25-18-8-7-15(3)13-16(18)4/h7-9,11,13H,5-6,10,12,14H2,1-4H3,(H,20,24). The van der Waals surface area contributed by atoms with Gasteiger partial charge in [0.2, 0.25) is 0 Å². The van der Waals surface area contributed by atoms with Crippen LogP contribution in [0.1, 0.15) is 35.5 Å². The maximum atomic E-state index is 12.1. The number of hydrogen-bond acceptors (Lipinski definition) is 4. The molecule has 0 aliphatic carbocycles. The molecule has 136 valence electrons. The summed E-state index contributed by atoms with van der Waals surface area (Å²) in [6.07, 6.45) is 1.75. The minimum Gasteiger partial charge on any atom is -0.471 e. The number of benzene rings is 1. The molecule has 0 aliphatic heterocycles. The number of hydrogen-bond donors (Lipinski definition) is 1. The zero-order valence-electron chi connectivity index (χ0n) is 15.6. The van der Waals surface area contributed by atoms with Crippen LogP contribution in [0.3, 0.4) is 0 Å². The highest BCUT2D eigenvalue weighted by molar-refractivity contribution is 5.92. The van der Waals surface area contributed by atoms with E-state index in [0.29, 0.717) is 12.2 Å². The Labute approximate surface area is 149 Å². The van der Waals surface area contributed by atoms with Crippen molar-refractivity contribution in [1.29, 1.82) is 0 Å². The minimum absolute atomic E-state index is 0.155. The van der Waals surface area contributed by atoms with Crippen LogP contribution in [0.5, 0.6) is 5.75 Å². The van der Waals surface area contributed by atoms with E-state index in [1.807, 2.05) is 19.1 Å². The first-order chi connectivity index (χ1) is 12.0. The normalized spacial score (nSPS) is 10.9. The van der Waals surface area contributed by atoms with Crippen LogP contribution in [-0.2, 0) is 6.73 Å².